The second kappa shape index (κ2) is 8.88. The van der Waals surface area contributed by atoms with Gasteiger partial charge in [-0.15, -0.1) is 0 Å². The minimum atomic E-state index is -0.239. The summed E-state index contributed by atoms with van der Waals surface area (Å²) in [5.41, 5.74) is 3.51. The third-order valence-electron chi connectivity index (χ3n) is 5.54. The first kappa shape index (κ1) is 20.9. The van der Waals surface area contributed by atoms with E-state index in [9.17, 15) is 4.79 Å². The van der Waals surface area contributed by atoms with Crippen molar-refractivity contribution in [3.63, 3.8) is 0 Å². The third-order valence-corrected chi connectivity index (χ3v) is 5.86. The Balaban J connectivity index is 1.55. The number of rotatable bonds is 5. The number of anilines is 2. The van der Waals surface area contributed by atoms with Gasteiger partial charge in [-0.25, -0.2) is 0 Å². The van der Waals surface area contributed by atoms with Gasteiger partial charge in [-0.3, -0.25) is 9.78 Å². The predicted molar refractivity (Wildman–Crippen MR) is 133 cm³/mol. The Morgan fingerprint density at radius 2 is 1.76 bits per heavy atom. The maximum Gasteiger partial charge on any atom is 0.221 e. The quantitative estimate of drug-likeness (QED) is 0.389. The lowest BCUT2D eigenvalue weighted by Gasteiger charge is -2.26. The molecule has 33 heavy (non-hydrogen) atoms. The summed E-state index contributed by atoms with van der Waals surface area (Å²) < 4.78 is 6.36. The van der Waals surface area contributed by atoms with E-state index in [4.69, 9.17) is 16.6 Å². The summed E-state index contributed by atoms with van der Waals surface area (Å²) in [6, 6.07) is 27.0. The van der Waals surface area contributed by atoms with Crippen LogP contribution in [0.25, 0.3) is 11.3 Å². The molecule has 2 N–H and O–H groups in total. The Kier molecular flexibility index (Phi) is 5.62. The number of benzene rings is 2. The zero-order valence-electron chi connectivity index (χ0n) is 17.9. The molecule has 0 aliphatic carbocycles. The third kappa shape index (κ3) is 4.23. The lowest BCUT2D eigenvalue weighted by molar-refractivity contribution is -0.114. The Morgan fingerprint density at radius 3 is 2.45 bits per heavy atom. The molecule has 0 saturated carbocycles. The molecule has 2 aromatic heterocycles. The van der Waals surface area contributed by atoms with Crippen molar-refractivity contribution in [2.75, 3.05) is 10.2 Å². The summed E-state index contributed by atoms with van der Waals surface area (Å²) in [6.45, 7) is 1.49. The van der Waals surface area contributed by atoms with E-state index in [2.05, 4.69) is 15.6 Å². The number of hydrogen-bond acceptors (Lipinski definition) is 4. The number of carbonyl (C=O) groups excluding carboxylic acids is 1. The molecule has 4 aromatic rings. The monoisotopic (exact) mass is 454 g/mol. The van der Waals surface area contributed by atoms with E-state index in [1.165, 1.54) is 6.92 Å². The molecule has 2 atom stereocenters. The van der Waals surface area contributed by atoms with Crippen LogP contribution < -0.4 is 15.5 Å². The van der Waals surface area contributed by atoms with Crippen molar-refractivity contribution in [3.05, 3.63) is 103 Å². The topological polar surface area (TPSA) is 70.4 Å². The van der Waals surface area contributed by atoms with E-state index in [0.717, 1.165) is 34.2 Å². The van der Waals surface area contributed by atoms with Crippen molar-refractivity contribution in [2.45, 2.75) is 19.0 Å². The van der Waals surface area contributed by atoms with Crippen molar-refractivity contribution in [2.24, 2.45) is 0 Å². The standard InChI is InChI=1S/C26H22N4O2S/c1-17(31)28-19-10-12-20(13-11-19)30-25(24(29-26(30)33)21-9-5-6-16-27-21)23-15-14-22(32-23)18-7-3-2-4-8-18/h2-16,24-25H,1H3,(H,28,31)(H,29,33)/t24-,25+/m0/s1. The van der Waals surface area contributed by atoms with Crippen LogP contribution in [0.4, 0.5) is 11.4 Å². The number of nitrogens with one attached hydrogen (secondary N) is 2. The van der Waals surface area contributed by atoms with Gasteiger partial charge in [-0.05, 0) is 60.7 Å². The Hall–Kier alpha value is -3.97. The molecule has 1 amide bonds. The van der Waals surface area contributed by atoms with Crippen molar-refractivity contribution in [1.29, 1.82) is 0 Å². The normalized spacial score (nSPS) is 17.6. The minimum absolute atomic E-state index is 0.113. The Labute approximate surface area is 197 Å². The van der Waals surface area contributed by atoms with Gasteiger partial charge in [-0.1, -0.05) is 36.4 Å². The molecule has 6 nitrogen and oxygen atoms in total. The van der Waals surface area contributed by atoms with Gasteiger partial charge in [0.1, 0.15) is 17.6 Å². The molecule has 1 aliphatic rings. The molecule has 1 saturated heterocycles. The average molecular weight is 455 g/mol. The van der Waals surface area contributed by atoms with Crippen molar-refractivity contribution in [3.8, 4) is 11.3 Å². The maximum absolute atomic E-state index is 11.4. The molecule has 2 aromatic carbocycles. The van der Waals surface area contributed by atoms with Gasteiger partial charge in [0.05, 0.1) is 11.7 Å². The van der Waals surface area contributed by atoms with Gasteiger partial charge in [0.15, 0.2) is 5.11 Å². The van der Waals surface area contributed by atoms with Crippen LogP contribution in [0, 0.1) is 0 Å². The lowest BCUT2D eigenvalue weighted by Crippen LogP contribution is -2.29. The average Bonchev–Trinajstić information content (AvgIpc) is 3.45. The summed E-state index contributed by atoms with van der Waals surface area (Å²) in [5.74, 6) is 1.46. The van der Waals surface area contributed by atoms with Crippen LogP contribution in [-0.4, -0.2) is 16.0 Å². The molecular weight excluding hydrogens is 432 g/mol. The van der Waals surface area contributed by atoms with Gasteiger partial charge in [0.2, 0.25) is 5.91 Å². The summed E-state index contributed by atoms with van der Waals surface area (Å²) in [5, 5.41) is 6.81. The highest BCUT2D eigenvalue weighted by atomic mass is 32.1. The van der Waals surface area contributed by atoms with Gasteiger partial charge < -0.3 is 20.0 Å². The zero-order chi connectivity index (χ0) is 22.8. The molecule has 5 rings (SSSR count). The first-order chi connectivity index (χ1) is 16.1. The van der Waals surface area contributed by atoms with Crippen LogP contribution in [0.5, 0.6) is 0 Å². The number of nitrogens with zero attached hydrogens (tertiary/aromatic N) is 2. The zero-order valence-corrected chi connectivity index (χ0v) is 18.8. The molecular formula is C26H22N4O2S. The second-order valence-corrected chi connectivity index (χ2v) is 8.18. The summed E-state index contributed by atoms with van der Waals surface area (Å²) in [6.07, 6.45) is 1.78. The number of hydrogen-bond donors (Lipinski definition) is 2. The Morgan fingerprint density at radius 1 is 1.00 bits per heavy atom. The van der Waals surface area contributed by atoms with Crippen LogP contribution in [-0.2, 0) is 4.79 Å². The number of amides is 1. The molecule has 0 bridgehead atoms. The van der Waals surface area contributed by atoms with Crippen molar-refractivity contribution >= 4 is 34.6 Å². The Bertz CT molecular complexity index is 1270. The molecule has 0 radical (unpaired) electrons. The van der Waals surface area contributed by atoms with Crippen LogP contribution in [0.1, 0.15) is 30.5 Å². The van der Waals surface area contributed by atoms with E-state index in [1.54, 1.807) is 6.20 Å². The van der Waals surface area contributed by atoms with E-state index in [1.807, 2.05) is 89.8 Å². The summed E-state index contributed by atoms with van der Waals surface area (Å²) in [4.78, 5) is 18.0. The fourth-order valence-corrected chi connectivity index (χ4v) is 4.45. The summed E-state index contributed by atoms with van der Waals surface area (Å²) in [7, 11) is 0. The molecule has 164 valence electrons. The smallest absolute Gasteiger partial charge is 0.221 e. The maximum atomic E-state index is 11.4. The first-order valence-corrected chi connectivity index (χ1v) is 11.0. The molecule has 3 heterocycles. The van der Waals surface area contributed by atoms with Crippen molar-refractivity contribution in [1.82, 2.24) is 10.3 Å². The number of pyridine rings is 1. The van der Waals surface area contributed by atoms with Crippen LogP contribution in [0.15, 0.2) is 95.5 Å². The summed E-state index contributed by atoms with van der Waals surface area (Å²) >= 11 is 5.76. The molecule has 0 unspecified atom stereocenters. The number of thiocarbonyl (C=S) groups is 1. The van der Waals surface area contributed by atoms with E-state index >= 15 is 0 Å². The van der Waals surface area contributed by atoms with Crippen LogP contribution in [0.3, 0.4) is 0 Å². The van der Waals surface area contributed by atoms with E-state index in [-0.39, 0.29) is 18.0 Å². The molecule has 0 spiro atoms. The minimum Gasteiger partial charge on any atom is -0.459 e. The highest BCUT2D eigenvalue weighted by Crippen LogP contribution is 2.43. The highest BCUT2D eigenvalue weighted by molar-refractivity contribution is 7.80. The van der Waals surface area contributed by atoms with Crippen LogP contribution in [0.2, 0.25) is 0 Å². The van der Waals surface area contributed by atoms with Crippen LogP contribution >= 0.6 is 12.2 Å². The molecule has 1 fully saturated rings. The fraction of sp³-hybridized carbons (Fsp3) is 0.115. The van der Waals surface area contributed by atoms with E-state index < -0.39 is 0 Å². The number of carbonyl (C=O) groups is 1. The van der Waals surface area contributed by atoms with Gasteiger partial charge in [0, 0.05) is 30.1 Å². The predicted octanol–water partition coefficient (Wildman–Crippen LogP) is 5.48. The van der Waals surface area contributed by atoms with Gasteiger partial charge >= 0.3 is 0 Å². The first-order valence-electron chi connectivity index (χ1n) is 10.6. The van der Waals surface area contributed by atoms with Gasteiger partial charge in [-0.2, -0.15) is 0 Å². The number of furan rings is 1. The fourth-order valence-electron chi connectivity index (χ4n) is 4.10. The molecule has 1 aliphatic heterocycles. The largest absolute Gasteiger partial charge is 0.459 e. The lowest BCUT2D eigenvalue weighted by atomic mass is 10.0. The molecule has 7 heteroatoms. The van der Waals surface area contributed by atoms with E-state index in [0.29, 0.717) is 5.11 Å². The number of aromatic nitrogens is 1. The highest BCUT2D eigenvalue weighted by Gasteiger charge is 2.42. The SMILES string of the molecule is CC(=O)Nc1ccc(N2C(=S)N[C@@H](c3ccccn3)[C@H]2c2ccc(-c3ccccc3)o2)cc1. The second-order valence-electron chi connectivity index (χ2n) is 7.79. The van der Waals surface area contributed by atoms with Gasteiger partial charge in [0.25, 0.3) is 0 Å². The van der Waals surface area contributed by atoms with Crippen molar-refractivity contribution < 1.29 is 9.21 Å².